The largest absolute Gasteiger partial charge is 0.433 e. The summed E-state index contributed by atoms with van der Waals surface area (Å²) in [6, 6.07) is 7.13. The molecule has 1 fully saturated rings. The highest BCUT2D eigenvalue weighted by Crippen LogP contribution is 2.31. The van der Waals surface area contributed by atoms with Gasteiger partial charge in [-0.15, -0.1) is 35.3 Å². The lowest BCUT2D eigenvalue weighted by atomic mass is 10.2. The summed E-state index contributed by atoms with van der Waals surface area (Å²) in [6.07, 6.45) is 2.77. The van der Waals surface area contributed by atoms with Gasteiger partial charge in [0.2, 0.25) is 0 Å². The molecule has 1 atom stereocenters. The SMILES string of the molecule is CCNC(=NCCCc1nc(C)cs1)NC1CCN(c2ccccc2OC(F)F)C1.I. The molecule has 0 bridgehead atoms. The van der Waals surface area contributed by atoms with Crippen LogP contribution in [0.15, 0.2) is 34.6 Å². The maximum atomic E-state index is 12.7. The summed E-state index contributed by atoms with van der Waals surface area (Å²) in [7, 11) is 0. The second kappa shape index (κ2) is 13.0. The Bertz CT molecular complexity index is 836. The first-order valence-electron chi connectivity index (χ1n) is 10.3. The third-order valence-corrected chi connectivity index (χ3v) is 5.81. The molecular formula is C21H30F2IN5OS. The molecule has 1 unspecified atom stereocenters. The van der Waals surface area contributed by atoms with Crippen molar-refractivity contribution in [2.75, 3.05) is 31.1 Å². The smallest absolute Gasteiger partial charge is 0.387 e. The predicted octanol–water partition coefficient (Wildman–Crippen LogP) is 4.44. The van der Waals surface area contributed by atoms with Crippen LogP contribution in [0.25, 0.3) is 0 Å². The van der Waals surface area contributed by atoms with Gasteiger partial charge in [-0.05, 0) is 38.8 Å². The maximum absolute atomic E-state index is 12.7. The lowest BCUT2D eigenvalue weighted by Crippen LogP contribution is -2.44. The van der Waals surface area contributed by atoms with E-state index in [1.54, 1.807) is 23.5 Å². The molecule has 3 rings (SSSR count). The molecule has 0 amide bonds. The first-order chi connectivity index (χ1) is 14.5. The van der Waals surface area contributed by atoms with Gasteiger partial charge in [0.05, 0.1) is 10.7 Å². The minimum atomic E-state index is -2.83. The summed E-state index contributed by atoms with van der Waals surface area (Å²) in [5, 5.41) is 9.98. The van der Waals surface area contributed by atoms with E-state index in [-0.39, 0.29) is 35.8 Å². The lowest BCUT2D eigenvalue weighted by molar-refractivity contribution is -0.0495. The van der Waals surface area contributed by atoms with Gasteiger partial charge >= 0.3 is 6.61 Å². The Balaban J connectivity index is 0.00000341. The van der Waals surface area contributed by atoms with E-state index >= 15 is 0 Å². The van der Waals surface area contributed by atoms with E-state index in [0.29, 0.717) is 12.2 Å². The normalized spacial score (nSPS) is 16.4. The lowest BCUT2D eigenvalue weighted by Gasteiger charge is -2.22. The number of rotatable bonds is 9. The number of hydrogen-bond donors (Lipinski definition) is 2. The Labute approximate surface area is 203 Å². The van der Waals surface area contributed by atoms with Gasteiger partial charge in [-0.2, -0.15) is 8.78 Å². The molecule has 0 radical (unpaired) electrons. The van der Waals surface area contributed by atoms with Crippen molar-refractivity contribution in [3.05, 3.63) is 40.3 Å². The van der Waals surface area contributed by atoms with Crippen LogP contribution in [-0.2, 0) is 6.42 Å². The minimum Gasteiger partial charge on any atom is -0.433 e. The number of thiazole rings is 1. The van der Waals surface area contributed by atoms with Crippen LogP contribution in [-0.4, -0.2) is 49.8 Å². The minimum absolute atomic E-state index is 0. The molecule has 1 saturated heterocycles. The van der Waals surface area contributed by atoms with Crippen molar-refractivity contribution in [2.24, 2.45) is 4.99 Å². The number of ether oxygens (including phenoxy) is 1. The van der Waals surface area contributed by atoms with Crippen LogP contribution >= 0.6 is 35.3 Å². The molecule has 6 nitrogen and oxygen atoms in total. The van der Waals surface area contributed by atoms with Gasteiger partial charge in [-0.25, -0.2) is 4.98 Å². The van der Waals surface area contributed by atoms with Gasteiger partial charge in [-0.3, -0.25) is 4.99 Å². The highest BCUT2D eigenvalue weighted by Gasteiger charge is 2.26. The number of benzene rings is 1. The topological polar surface area (TPSA) is 61.8 Å². The zero-order valence-corrected chi connectivity index (χ0v) is 21.0. The zero-order chi connectivity index (χ0) is 21.3. The number of aryl methyl sites for hydroxylation is 2. The Kier molecular flexibility index (Phi) is 10.7. The maximum Gasteiger partial charge on any atom is 0.387 e. The van der Waals surface area contributed by atoms with Crippen molar-refractivity contribution in [1.82, 2.24) is 15.6 Å². The Morgan fingerprint density at radius 3 is 2.90 bits per heavy atom. The number of hydrogen-bond acceptors (Lipinski definition) is 5. The summed E-state index contributed by atoms with van der Waals surface area (Å²) in [6.45, 7) is 4.18. The van der Waals surface area contributed by atoms with Crippen LogP contribution in [0, 0.1) is 6.92 Å². The second-order valence-electron chi connectivity index (χ2n) is 7.17. The fourth-order valence-electron chi connectivity index (χ4n) is 3.46. The van der Waals surface area contributed by atoms with Crippen molar-refractivity contribution in [3.63, 3.8) is 0 Å². The van der Waals surface area contributed by atoms with Gasteiger partial charge in [0.25, 0.3) is 0 Å². The van der Waals surface area contributed by atoms with E-state index in [4.69, 9.17) is 0 Å². The quantitative estimate of drug-likeness (QED) is 0.204. The van der Waals surface area contributed by atoms with Gasteiger partial charge in [0.15, 0.2) is 5.96 Å². The zero-order valence-electron chi connectivity index (χ0n) is 17.8. The van der Waals surface area contributed by atoms with Crippen LogP contribution in [0.2, 0.25) is 0 Å². The van der Waals surface area contributed by atoms with Gasteiger partial charge < -0.3 is 20.3 Å². The molecular weight excluding hydrogens is 535 g/mol. The van der Waals surface area contributed by atoms with E-state index in [1.165, 1.54) is 0 Å². The number of halogens is 3. The van der Waals surface area contributed by atoms with Crippen LogP contribution in [0.1, 0.15) is 30.5 Å². The van der Waals surface area contributed by atoms with Crippen LogP contribution in [0.5, 0.6) is 5.75 Å². The molecule has 172 valence electrons. The number of aliphatic imine (C=N–C) groups is 1. The number of nitrogens with zero attached hydrogens (tertiary/aromatic N) is 3. The molecule has 2 N–H and O–H groups in total. The number of anilines is 1. The van der Waals surface area contributed by atoms with Crippen LogP contribution < -0.4 is 20.3 Å². The van der Waals surface area contributed by atoms with Crippen LogP contribution in [0.4, 0.5) is 14.5 Å². The molecule has 31 heavy (non-hydrogen) atoms. The average Bonchev–Trinajstić information content (AvgIpc) is 3.34. The highest BCUT2D eigenvalue weighted by molar-refractivity contribution is 14.0. The number of aromatic nitrogens is 1. The van der Waals surface area contributed by atoms with Crippen molar-refractivity contribution in [1.29, 1.82) is 0 Å². The third kappa shape index (κ3) is 8.06. The number of para-hydroxylation sites is 2. The first-order valence-corrected chi connectivity index (χ1v) is 11.2. The second-order valence-corrected chi connectivity index (χ2v) is 8.11. The number of guanidine groups is 1. The van der Waals surface area contributed by atoms with Crippen molar-refractivity contribution < 1.29 is 13.5 Å². The summed E-state index contributed by atoms with van der Waals surface area (Å²) in [4.78, 5) is 11.2. The molecule has 1 aliphatic rings. The summed E-state index contributed by atoms with van der Waals surface area (Å²) in [5.41, 5.74) is 1.77. The Hall–Kier alpha value is -1.69. The van der Waals surface area contributed by atoms with Crippen LogP contribution in [0.3, 0.4) is 0 Å². The molecule has 2 aromatic rings. The summed E-state index contributed by atoms with van der Waals surface area (Å²) >= 11 is 1.69. The fraction of sp³-hybridized carbons (Fsp3) is 0.524. The molecule has 0 saturated carbocycles. The predicted molar refractivity (Wildman–Crippen MR) is 133 cm³/mol. The average molecular weight is 565 g/mol. The molecule has 0 spiro atoms. The fourth-order valence-corrected chi connectivity index (χ4v) is 4.28. The number of nitrogens with one attached hydrogen (secondary N) is 2. The van der Waals surface area contributed by atoms with E-state index in [2.05, 4.69) is 35.6 Å². The molecule has 0 aliphatic carbocycles. The standard InChI is InChI=1S/C21H29F2N5OS.HI/c1-3-24-21(25-11-6-9-19-26-15(2)14-30-19)27-16-10-12-28(13-16)17-7-4-5-8-18(17)29-20(22)23;/h4-5,7-8,14,16,20H,3,6,9-13H2,1-2H3,(H2,24,25,27);1H. The Morgan fingerprint density at radius 1 is 1.39 bits per heavy atom. The summed E-state index contributed by atoms with van der Waals surface area (Å²) < 4.78 is 30.1. The van der Waals surface area contributed by atoms with E-state index in [1.807, 2.05) is 26.0 Å². The van der Waals surface area contributed by atoms with Crippen molar-refractivity contribution >= 4 is 47.0 Å². The van der Waals surface area contributed by atoms with E-state index < -0.39 is 6.61 Å². The first kappa shape index (κ1) is 25.6. The summed E-state index contributed by atoms with van der Waals surface area (Å²) in [5.74, 6) is 1.00. The highest BCUT2D eigenvalue weighted by atomic mass is 127. The molecule has 1 aromatic heterocycles. The molecule has 1 aromatic carbocycles. The van der Waals surface area contributed by atoms with Gasteiger partial charge in [0.1, 0.15) is 5.75 Å². The molecule has 1 aliphatic heterocycles. The third-order valence-electron chi connectivity index (χ3n) is 4.78. The molecule has 10 heteroatoms. The monoisotopic (exact) mass is 565 g/mol. The van der Waals surface area contributed by atoms with Gasteiger partial charge in [-0.1, -0.05) is 12.1 Å². The van der Waals surface area contributed by atoms with Crippen molar-refractivity contribution in [2.45, 2.75) is 45.8 Å². The Morgan fingerprint density at radius 2 is 2.19 bits per heavy atom. The number of alkyl halides is 2. The van der Waals surface area contributed by atoms with E-state index in [9.17, 15) is 8.78 Å². The molecule has 2 heterocycles. The van der Waals surface area contributed by atoms with E-state index in [0.717, 1.165) is 55.6 Å². The van der Waals surface area contributed by atoms with Crippen molar-refractivity contribution in [3.8, 4) is 5.75 Å². The van der Waals surface area contributed by atoms with Gasteiger partial charge in [0, 0.05) is 49.7 Å².